The Morgan fingerprint density at radius 3 is 2.77 bits per heavy atom. The van der Waals surface area contributed by atoms with Crippen molar-refractivity contribution in [3.8, 4) is 0 Å². The lowest BCUT2D eigenvalue weighted by molar-refractivity contribution is -0.147. The van der Waals surface area contributed by atoms with Crippen molar-refractivity contribution in [2.75, 3.05) is 0 Å². The molecule has 22 heavy (non-hydrogen) atoms. The number of furan rings is 1. The normalized spacial score (nSPS) is 19.8. The van der Waals surface area contributed by atoms with Gasteiger partial charge in [-0.2, -0.15) is 0 Å². The maximum absolute atomic E-state index is 12.5. The molecule has 2 heterocycles. The van der Waals surface area contributed by atoms with Gasteiger partial charge in [0.15, 0.2) is 4.67 Å². The van der Waals surface area contributed by atoms with Crippen LogP contribution in [0.2, 0.25) is 0 Å². The van der Waals surface area contributed by atoms with E-state index in [0.717, 1.165) is 11.8 Å². The third-order valence-electron chi connectivity index (χ3n) is 3.41. The molecule has 1 amide bonds. The number of rotatable bonds is 5. The molecule has 1 N–H and O–H groups in total. The van der Waals surface area contributed by atoms with Crippen LogP contribution < -0.4 is 0 Å². The van der Waals surface area contributed by atoms with Gasteiger partial charge in [-0.1, -0.05) is 44.2 Å². The van der Waals surface area contributed by atoms with E-state index >= 15 is 0 Å². The summed E-state index contributed by atoms with van der Waals surface area (Å²) in [5.41, 5.74) is 0. The molecule has 1 aromatic rings. The third kappa shape index (κ3) is 3.44. The number of aliphatic carboxylic acids is 1. The summed E-state index contributed by atoms with van der Waals surface area (Å²) in [6.45, 7) is 3.68. The molecule has 5 nitrogen and oxygen atoms in total. The minimum atomic E-state index is -1.05. The van der Waals surface area contributed by atoms with Crippen LogP contribution in [0.1, 0.15) is 26.0 Å². The molecule has 0 radical (unpaired) electrons. The van der Waals surface area contributed by atoms with Crippen LogP contribution in [0.5, 0.6) is 0 Å². The first-order valence-electron chi connectivity index (χ1n) is 6.60. The van der Waals surface area contributed by atoms with Gasteiger partial charge in [-0.3, -0.25) is 9.69 Å². The van der Waals surface area contributed by atoms with Gasteiger partial charge >= 0.3 is 5.97 Å². The Morgan fingerprint density at radius 1 is 1.59 bits per heavy atom. The average molecular weight is 404 g/mol. The molecule has 0 aromatic carbocycles. The largest absolute Gasteiger partial charge is 0.480 e. The van der Waals surface area contributed by atoms with Gasteiger partial charge in [0.25, 0.3) is 5.91 Å². The molecule has 1 aliphatic rings. The van der Waals surface area contributed by atoms with Gasteiger partial charge < -0.3 is 9.52 Å². The highest BCUT2D eigenvalue weighted by molar-refractivity contribution is 9.10. The lowest BCUT2D eigenvalue weighted by Crippen LogP contribution is -2.47. The molecule has 2 unspecified atom stereocenters. The maximum Gasteiger partial charge on any atom is 0.327 e. The van der Waals surface area contributed by atoms with E-state index in [1.165, 1.54) is 4.90 Å². The smallest absolute Gasteiger partial charge is 0.327 e. The van der Waals surface area contributed by atoms with E-state index in [1.807, 2.05) is 6.92 Å². The predicted molar refractivity (Wildman–Crippen MR) is 92.3 cm³/mol. The Labute approximate surface area is 145 Å². The molecule has 1 saturated heterocycles. The number of carbonyl (C=O) groups is 2. The summed E-state index contributed by atoms with van der Waals surface area (Å²) >= 11 is 9.48. The number of carbonyl (C=O) groups excluding carboxylic acids is 1. The SMILES string of the molecule is CCC(C)C(C(=O)O)N1C(=O)C(=Cc2ccc(Br)o2)SC1=S. The predicted octanol–water partition coefficient (Wildman–Crippen LogP) is 3.74. The van der Waals surface area contributed by atoms with Gasteiger partial charge in [0.2, 0.25) is 0 Å². The van der Waals surface area contributed by atoms with Crippen LogP contribution in [-0.4, -0.2) is 32.2 Å². The number of carboxylic acids is 1. The van der Waals surface area contributed by atoms with E-state index < -0.39 is 17.9 Å². The Morgan fingerprint density at radius 2 is 2.27 bits per heavy atom. The summed E-state index contributed by atoms with van der Waals surface area (Å²) in [4.78, 5) is 25.6. The minimum Gasteiger partial charge on any atom is -0.480 e. The van der Waals surface area contributed by atoms with Gasteiger partial charge in [-0.15, -0.1) is 0 Å². The second-order valence-electron chi connectivity index (χ2n) is 4.86. The van der Waals surface area contributed by atoms with Crippen LogP contribution in [0.15, 0.2) is 26.1 Å². The highest BCUT2D eigenvalue weighted by atomic mass is 79.9. The number of thioether (sulfide) groups is 1. The number of halogens is 1. The standard InChI is InChI=1S/C14H14BrNO4S2/c1-3-7(2)11(13(18)19)16-12(17)9(22-14(16)21)6-8-4-5-10(15)20-8/h4-7,11H,3H2,1-2H3,(H,18,19). The second kappa shape index (κ2) is 6.97. The molecule has 0 bridgehead atoms. The van der Waals surface area contributed by atoms with Crippen molar-refractivity contribution in [1.82, 2.24) is 4.90 Å². The minimum absolute atomic E-state index is 0.197. The molecule has 1 fully saturated rings. The molecule has 0 spiro atoms. The Hall–Kier alpha value is -1.12. The van der Waals surface area contributed by atoms with Crippen LogP contribution in [0.4, 0.5) is 0 Å². The van der Waals surface area contributed by atoms with Crippen molar-refractivity contribution in [1.29, 1.82) is 0 Å². The van der Waals surface area contributed by atoms with Crippen LogP contribution in [-0.2, 0) is 9.59 Å². The van der Waals surface area contributed by atoms with Crippen LogP contribution in [0.3, 0.4) is 0 Å². The fraction of sp³-hybridized carbons (Fsp3) is 0.357. The van der Waals surface area contributed by atoms with Crippen molar-refractivity contribution in [3.63, 3.8) is 0 Å². The quantitative estimate of drug-likeness (QED) is 0.596. The van der Waals surface area contributed by atoms with Gasteiger partial charge in [-0.25, -0.2) is 4.79 Å². The molecule has 2 atom stereocenters. The van der Waals surface area contributed by atoms with Crippen LogP contribution in [0.25, 0.3) is 6.08 Å². The van der Waals surface area contributed by atoms with Crippen molar-refractivity contribution in [3.05, 3.63) is 27.5 Å². The molecule has 0 aliphatic carbocycles. The first-order valence-corrected chi connectivity index (χ1v) is 8.62. The third-order valence-corrected chi connectivity index (χ3v) is 5.16. The van der Waals surface area contributed by atoms with E-state index in [9.17, 15) is 14.7 Å². The fourth-order valence-electron chi connectivity index (χ4n) is 2.09. The second-order valence-corrected chi connectivity index (χ2v) is 7.32. The Kier molecular flexibility index (Phi) is 5.46. The first kappa shape index (κ1) is 17.2. The van der Waals surface area contributed by atoms with E-state index in [0.29, 0.717) is 21.8 Å². The molecule has 8 heteroatoms. The van der Waals surface area contributed by atoms with Gasteiger partial charge in [0, 0.05) is 6.08 Å². The summed E-state index contributed by atoms with van der Waals surface area (Å²) in [6, 6.07) is 2.47. The summed E-state index contributed by atoms with van der Waals surface area (Å²) in [5, 5.41) is 9.44. The van der Waals surface area contributed by atoms with Gasteiger partial charge in [0.1, 0.15) is 16.1 Å². The summed E-state index contributed by atoms with van der Waals surface area (Å²) in [6.07, 6.45) is 2.21. The molecule has 1 aromatic heterocycles. The zero-order chi connectivity index (χ0) is 16.4. The van der Waals surface area contributed by atoms with Crippen molar-refractivity contribution >= 4 is 62.2 Å². The number of carboxylic acid groups (broad SMARTS) is 1. The number of hydrogen-bond acceptors (Lipinski definition) is 5. The Balaban J connectivity index is 2.32. The number of nitrogens with zero attached hydrogens (tertiary/aromatic N) is 1. The summed E-state index contributed by atoms with van der Waals surface area (Å²) in [7, 11) is 0. The zero-order valence-corrected chi connectivity index (χ0v) is 15.1. The Bertz CT molecular complexity index is 655. The van der Waals surface area contributed by atoms with E-state index in [4.69, 9.17) is 16.6 Å². The van der Waals surface area contributed by atoms with E-state index in [1.54, 1.807) is 25.1 Å². The number of amides is 1. The zero-order valence-electron chi connectivity index (χ0n) is 11.9. The lowest BCUT2D eigenvalue weighted by atomic mass is 9.98. The highest BCUT2D eigenvalue weighted by Gasteiger charge is 2.42. The molecular formula is C14H14BrNO4S2. The average Bonchev–Trinajstić information content (AvgIpc) is 2.97. The summed E-state index contributed by atoms with van der Waals surface area (Å²) < 4.78 is 6.15. The fourth-order valence-corrected chi connectivity index (χ4v) is 3.71. The number of thiocarbonyl (C=S) groups is 1. The van der Waals surface area contributed by atoms with Crippen molar-refractivity contribution in [2.45, 2.75) is 26.3 Å². The van der Waals surface area contributed by atoms with Crippen LogP contribution in [0, 0.1) is 5.92 Å². The lowest BCUT2D eigenvalue weighted by Gasteiger charge is -2.27. The number of hydrogen-bond donors (Lipinski definition) is 1. The van der Waals surface area contributed by atoms with Gasteiger partial charge in [-0.05, 0) is 34.0 Å². The van der Waals surface area contributed by atoms with E-state index in [-0.39, 0.29) is 10.2 Å². The van der Waals surface area contributed by atoms with E-state index in [2.05, 4.69) is 15.9 Å². The monoisotopic (exact) mass is 403 g/mol. The molecule has 0 saturated carbocycles. The van der Waals surface area contributed by atoms with Crippen molar-refractivity contribution < 1.29 is 19.1 Å². The maximum atomic E-state index is 12.5. The highest BCUT2D eigenvalue weighted by Crippen LogP contribution is 2.36. The molecular weight excluding hydrogens is 390 g/mol. The summed E-state index contributed by atoms with van der Waals surface area (Å²) in [5.74, 6) is -1.14. The molecule has 1 aliphatic heterocycles. The van der Waals surface area contributed by atoms with Crippen molar-refractivity contribution in [2.24, 2.45) is 5.92 Å². The molecule has 118 valence electrons. The first-order chi connectivity index (χ1) is 10.3. The topological polar surface area (TPSA) is 70.8 Å². The van der Waals surface area contributed by atoms with Crippen LogP contribution >= 0.6 is 39.9 Å². The van der Waals surface area contributed by atoms with Gasteiger partial charge in [0.05, 0.1) is 4.91 Å². The molecule has 2 rings (SSSR count).